The van der Waals surface area contributed by atoms with Crippen LogP contribution < -0.4 is 20.7 Å². The number of nitrogens with one attached hydrogen (secondary N) is 3. The summed E-state index contributed by atoms with van der Waals surface area (Å²) < 4.78 is 6.50. The van der Waals surface area contributed by atoms with Crippen LogP contribution >= 0.6 is 28.1 Å². The lowest BCUT2D eigenvalue weighted by Gasteiger charge is -2.23. The third-order valence-corrected chi connectivity index (χ3v) is 5.83. The Morgan fingerprint density at radius 1 is 1.03 bits per heavy atom. The topological polar surface area (TPSA) is 79.5 Å². The van der Waals surface area contributed by atoms with Crippen LogP contribution in [0.2, 0.25) is 0 Å². The van der Waals surface area contributed by atoms with Crippen molar-refractivity contribution in [3.05, 3.63) is 58.1 Å². The summed E-state index contributed by atoms with van der Waals surface area (Å²) in [5.41, 5.74) is 1.39. The monoisotopic (exact) mass is 517 g/mol. The largest absolute Gasteiger partial charge is 0.490 e. The predicted octanol–water partition coefficient (Wildman–Crippen LogP) is 5.43. The smallest absolute Gasteiger partial charge is 0.261 e. The first-order chi connectivity index (χ1) is 15.3. The summed E-state index contributed by atoms with van der Waals surface area (Å²) in [5, 5.41) is 8.89. The Morgan fingerprint density at radius 2 is 1.75 bits per heavy atom. The normalized spacial score (nSPS) is 14.0. The Balaban J connectivity index is 1.68. The Labute approximate surface area is 202 Å². The molecule has 170 valence electrons. The number of halogens is 1. The first-order valence-corrected chi connectivity index (χ1v) is 12.0. The summed E-state index contributed by atoms with van der Waals surface area (Å²) in [4.78, 5) is 25.7. The van der Waals surface area contributed by atoms with Crippen molar-refractivity contribution in [1.82, 2.24) is 10.6 Å². The van der Waals surface area contributed by atoms with E-state index in [-0.39, 0.29) is 23.2 Å². The molecule has 0 atom stereocenters. The van der Waals surface area contributed by atoms with Crippen molar-refractivity contribution in [3.8, 4) is 5.75 Å². The summed E-state index contributed by atoms with van der Waals surface area (Å²) in [6.45, 7) is 3.79. The molecule has 1 saturated carbocycles. The molecular formula is C24H28BrN3O3S. The third-order valence-electron chi connectivity index (χ3n) is 5.14. The van der Waals surface area contributed by atoms with E-state index < -0.39 is 5.91 Å². The van der Waals surface area contributed by atoms with Crippen LogP contribution in [-0.4, -0.2) is 29.1 Å². The van der Waals surface area contributed by atoms with Crippen LogP contribution in [0.3, 0.4) is 0 Å². The molecule has 3 N–H and O–H groups in total. The lowest BCUT2D eigenvalue weighted by atomic mass is 9.95. The quantitative estimate of drug-likeness (QED) is 0.445. The number of thiocarbonyl (C=S) groups is 1. The number of hydrogen-bond donors (Lipinski definition) is 3. The van der Waals surface area contributed by atoms with Crippen molar-refractivity contribution in [2.24, 2.45) is 0 Å². The van der Waals surface area contributed by atoms with Gasteiger partial charge in [-0.1, -0.05) is 47.3 Å². The molecule has 1 aliphatic carbocycles. The van der Waals surface area contributed by atoms with Crippen molar-refractivity contribution >= 4 is 50.8 Å². The SMILES string of the molecule is CC(C)Oc1ccc(Br)cc1C(=O)NC(=S)Nc1ccccc1C(=O)NC1CCCCC1. The number of para-hydroxylation sites is 1. The third kappa shape index (κ3) is 6.77. The Hall–Kier alpha value is -2.45. The highest BCUT2D eigenvalue weighted by Crippen LogP contribution is 2.25. The zero-order valence-corrected chi connectivity index (χ0v) is 20.6. The van der Waals surface area contributed by atoms with Crippen LogP contribution in [0.25, 0.3) is 0 Å². The second-order valence-electron chi connectivity index (χ2n) is 8.07. The molecule has 0 bridgehead atoms. The second-order valence-corrected chi connectivity index (χ2v) is 9.39. The second kappa shape index (κ2) is 11.4. The van der Waals surface area contributed by atoms with Gasteiger partial charge in [0.25, 0.3) is 11.8 Å². The molecular weight excluding hydrogens is 490 g/mol. The highest BCUT2D eigenvalue weighted by Gasteiger charge is 2.20. The van der Waals surface area contributed by atoms with Crippen LogP contribution in [0.5, 0.6) is 5.75 Å². The number of amides is 2. The number of rotatable bonds is 6. The highest BCUT2D eigenvalue weighted by atomic mass is 79.9. The van der Waals surface area contributed by atoms with E-state index in [0.29, 0.717) is 22.6 Å². The fourth-order valence-electron chi connectivity index (χ4n) is 3.66. The van der Waals surface area contributed by atoms with Crippen molar-refractivity contribution < 1.29 is 14.3 Å². The van der Waals surface area contributed by atoms with Gasteiger partial charge in [-0.3, -0.25) is 14.9 Å². The lowest BCUT2D eigenvalue weighted by Crippen LogP contribution is -2.38. The van der Waals surface area contributed by atoms with E-state index in [0.717, 1.165) is 30.2 Å². The maximum atomic E-state index is 12.9. The molecule has 0 unspecified atom stereocenters. The van der Waals surface area contributed by atoms with E-state index in [1.807, 2.05) is 26.0 Å². The van der Waals surface area contributed by atoms with E-state index in [9.17, 15) is 9.59 Å². The van der Waals surface area contributed by atoms with Gasteiger partial charge in [0.2, 0.25) is 0 Å². The lowest BCUT2D eigenvalue weighted by molar-refractivity contribution is 0.0927. The number of anilines is 1. The number of hydrogen-bond acceptors (Lipinski definition) is 4. The molecule has 8 heteroatoms. The number of carbonyl (C=O) groups excluding carboxylic acids is 2. The number of carbonyl (C=O) groups is 2. The van der Waals surface area contributed by atoms with Crippen molar-refractivity contribution in [2.45, 2.75) is 58.1 Å². The van der Waals surface area contributed by atoms with Crippen LogP contribution in [-0.2, 0) is 0 Å². The maximum Gasteiger partial charge on any atom is 0.261 e. The van der Waals surface area contributed by atoms with Crippen LogP contribution in [0, 0.1) is 0 Å². The molecule has 2 aromatic carbocycles. The predicted molar refractivity (Wildman–Crippen MR) is 134 cm³/mol. The standard InChI is InChI=1S/C24H28BrN3O3S/c1-15(2)31-21-13-12-16(25)14-19(21)23(30)28-24(32)27-20-11-7-6-10-18(20)22(29)26-17-8-4-3-5-9-17/h6-7,10-15,17H,3-5,8-9H2,1-2H3,(H,26,29)(H2,27,28,30,32). The maximum absolute atomic E-state index is 12.9. The van der Waals surface area contributed by atoms with Gasteiger partial charge >= 0.3 is 0 Å². The molecule has 0 spiro atoms. The molecule has 6 nitrogen and oxygen atoms in total. The molecule has 2 amide bonds. The molecule has 0 aliphatic heterocycles. The van der Waals surface area contributed by atoms with E-state index in [1.54, 1.807) is 30.3 Å². The minimum Gasteiger partial charge on any atom is -0.490 e. The van der Waals surface area contributed by atoms with Gasteiger partial charge in [0.1, 0.15) is 5.75 Å². The van der Waals surface area contributed by atoms with Gasteiger partial charge in [0.05, 0.1) is 22.9 Å². The van der Waals surface area contributed by atoms with Gasteiger partial charge in [-0.2, -0.15) is 0 Å². The van der Waals surface area contributed by atoms with Gasteiger partial charge < -0.3 is 15.4 Å². The molecule has 32 heavy (non-hydrogen) atoms. The Kier molecular flexibility index (Phi) is 8.64. The Bertz CT molecular complexity index is 990. The fraction of sp³-hybridized carbons (Fsp3) is 0.375. The molecule has 0 aromatic heterocycles. The molecule has 0 radical (unpaired) electrons. The first-order valence-electron chi connectivity index (χ1n) is 10.8. The number of benzene rings is 2. The summed E-state index contributed by atoms with van der Waals surface area (Å²) in [6, 6.07) is 12.6. The van der Waals surface area contributed by atoms with Crippen LogP contribution in [0.15, 0.2) is 46.9 Å². The average molecular weight is 518 g/mol. The minimum absolute atomic E-state index is 0.0812. The zero-order valence-electron chi connectivity index (χ0n) is 18.2. The average Bonchev–Trinajstić information content (AvgIpc) is 2.75. The summed E-state index contributed by atoms with van der Waals surface area (Å²) in [7, 11) is 0. The number of ether oxygens (including phenoxy) is 1. The summed E-state index contributed by atoms with van der Waals surface area (Å²) >= 11 is 8.74. The van der Waals surface area contributed by atoms with Crippen LogP contribution in [0.1, 0.15) is 66.7 Å². The molecule has 1 aliphatic rings. The van der Waals surface area contributed by atoms with E-state index in [1.165, 1.54) is 6.42 Å². The molecule has 0 saturated heterocycles. The molecule has 1 fully saturated rings. The van der Waals surface area contributed by atoms with Gasteiger partial charge in [0.15, 0.2) is 5.11 Å². The van der Waals surface area contributed by atoms with Gasteiger partial charge in [-0.05, 0) is 69.2 Å². The molecule has 0 heterocycles. The Morgan fingerprint density at radius 3 is 2.47 bits per heavy atom. The summed E-state index contributed by atoms with van der Waals surface area (Å²) in [6.07, 6.45) is 5.42. The zero-order chi connectivity index (χ0) is 23.1. The first kappa shape index (κ1) is 24.2. The highest BCUT2D eigenvalue weighted by molar-refractivity contribution is 9.10. The van der Waals surface area contributed by atoms with Gasteiger partial charge in [0, 0.05) is 10.5 Å². The van der Waals surface area contributed by atoms with Crippen LogP contribution in [0.4, 0.5) is 5.69 Å². The van der Waals surface area contributed by atoms with Crippen molar-refractivity contribution in [2.75, 3.05) is 5.32 Å². The van der Waals surface area contributed by atoms with E-state index in [4.69, 9.17) is 17.0 Å². The van der Waals surface area contributed by atoms with Gasteiger partial charge in [-0.25, -0.2) is 0 Å². The minimum atomic E-state index is -0.399. The fourth-order valence-corrected chi connectivity index (χ4v) is 4.22. The molecule has 3 rings (SSSR count). The summed E-state index contributed by atoms with van der Waals surface area (Å²) in [5.74, 6) is -0.0758. The van der Waals surface area contributed by atoms with Crippen molar-refractivity contribution in [1.29, 1.82) is 0 Å². The molecule has 2 aromatic rings. The van der Waals surface area contributed by atoms with Crippen molar-refractivity contribution in [3.63, 3.8) is 0 Å². The van der Waals surface area contributed by atoms with Gasteiger partial charge in [-0.15, -0.1) is 0 Å². The van der Waals surface area contributed by atoms with E-state index in [2.05, 4.69) is 31.9 Å². The van der Waals surface area contributed by atoms with E-state index >= 15 is 0 Å².